The van der Waals surface area contributed by atoms with Crippen molar-refractivity contribution in [3.8, 4) is 17.2 Å². The summed E-state index contributed by atoms with van der Waals surface area (Å²) in [5.74, 6) is 0.818. The lowest BCUT2D eigenvalue weighted by Crippen LogP contribution is -2.29. The van der Waals surface area contributed by atoms with Crippen molar-refractivity contribution < 1.29 is 42.5 Å². The first-order valence-corrected chi connectivity index (χ1v) is 12.4. The molecule has 2 aromatic heterocycles. The molecule has 2 aromatic carbocycles. The third-order valence-corrected chi connectivity index (χ3v) is 5.92. The summed E-state index contributed by atoms with van der Waals surface area (Å²) in [5, 5.41) is 2.16. The number of methoxy groups -OCH3 is 2. The molecule has 1 aliphatic heterocycles. The Labute approximate surface area is 233 Å². The van der Waals surface area contributed by atoms with E-state index in [4.69, 9.17) is 32.9 Å². The summed E-state index contributed by atoms with van der Waals surface area (Å²) in [7, 11) is 3.06. The largest absolute Gasteiger partial charge is 0.496 e. The monoisotopic (exact) mass is 565 g/mol. The molecule has 1 fully saturated rings. The second kappa shape index (κ2) is 12.8. The normalized spacial score (nSPS) is 12.7. The van der Waals surface area contributed by atoms with Crippen molar-refractivity contribution in [2.45, 2.75) is 26.2 Å². The molecule has 0 spiro atoms. The Morgan fingerprint density at radius 3 is 1.95 bits per heavy atom. The molecule has 2 amide bonds. The van der Waals surface area contributed by atoms with Crippen LogP contribution in [0.1, 0.15) is 24.8 Å². The second-order valence-corrected chi connectivity index (χ2v) is 8.79. The van der Waals surface area contributed by atoms with E-state index in [2.05, 4.69) is 6.58 Å². The van der Waals surface area contributed by atoms with Crippen LogP contribution in [-0.2, 0) is 19.5 Å². The number of ether oxygens (including phenoxy) is 3. The van der Waals surface area contributed by atoms with Gasteiger partial charge in [0.05, 0.1) is 20.8 Å². The molecule has 0 radical (unpaired) electrons. The van der Waals surface area contributed by atoms with E-state index in [1.54, 1.807) is 37.4 Å². The van der Waals surface area contributed by atoms with Crippen molar-refractivity contribution in [2.75, 3.05) is 20.8 Å². The van der Waals surface area contributed by atoms with Gasteiger partial charge >= 0.3 is 11.3 Å². The fourth-order valence-electron chi connectivity index (χ4n) is 3.82. The highest BCUT2D eigenvalue weighted by Gasteiger charge is 2.31. The number of rotatable bonds is 9. The predicted octanol–water partition coefficient (Wildman–Crippen LogP) is 4.21. The molecule has 0 N–H and O–H groups in total. The van der Waals surface area contributed by atoms with Crippen molar-refractivity contribution >= 4 is 33.8 Å². The highest BCUT2D eigenvalue weighted by molar-refractivity contribution is 6.00. The standard InChI is InChI=1S/C18H17NO8.C11H10O3/c1-11(26-27-19-16(20)4-5-17(19)21)7-8-24-15-9-12-3-6-18(22)25-13(12)10-14(15)23-2;1-7-5-8-3-4-11(12)14-10(8)6-9(7)13-2/h3,6,9-10H,1,4-5,7-8H2,2H3;3-6H,1-2H3. The van der Waals surface area contributed by atoms with Gasteiger partial charge in [-0.05, 0) is 41.7 Å². The van der Waals surface area contributed by atoms with Crippen LogP contribution in [0.3, 0.4) is 0 Å². The molecule has 0 unspecified atom stereocenters. The zero-order valence-electron chi connectivity index (χ0n) is 22.6. The Balaban J connectivity index is 0.000000231. The molecule has 12 heteroatoms. The molecule has 41 heavy (non-hydrogen) atoms. The summed E-state index contributed by atoms with van der Waals surface area (Å²) < 4.78 is 26.2. The fourth-order valence-corrected chi connectivity index (χ4v) is 3.82. The van der Waals surface area contributed by atoms with Crippen molar-refractivity contribution in [3.05, 3.63) is 87.3 Å². The van der Waals surface area contributed by atoms with Gasteiger partial charge in [0.25, 0.3) is 11.8 Å². The molecular formula is C29H27NO11. The number of carbonyl (C=O) groups is 2. The Morgan fingerprint density at radius 1 is 0.805 bits per heavy atom. The topological polar surface area (TPSA) is 144 Å². The minimum Gasteiger partial charge on any atom is -0.496 e. The first kappa shape index (κ1) is 28.9. The van der Waals surface area contributed by atoms with Gasteiger partial charge in [-0.3, -0.25) is 9.59 Å². The average molecular weight is 566 g/mol. The van der Waals surface area contributed by atoms with Crippen LogP contribution in [0.25, 0.3) is 21.9 Å². The lowest BCUT2D eigenvalue weighted by atomic mass is 10.1. The summed E-state index contributed by atoms with van der Waals surface area (Å²) in [6.45, 7) is 5.76. The van der Waals surface area contributed by atoms with E-state index in [0.29, 0.717) is 33.1 Å². The molecule has 0 atom stereocenters. The number of hydroxylamine groups is 2. The number of imide groups is 1. The van der Waals surface area contributed by atoms with E-state index < -0.39 is 17.4 Å². The number of amides is 2. The van der Waals surface area contributed by atoms with Gasteiger partial charge in [0, 0.05) is 54.3 Å². The van der Waals surface area contributed by atoms with Gasteiger partial charge < -0.3 is 27.9 Å². The summed E-state index contributed by atoms with van der Waals surface area (Å²) in [5.41, 5.74) is 1.16. The second-order valence-electron chi connectivity index (χ2n) is 8.79. The van der Waals surface area contributed by atoms with Crippen molar-refractivity contribution in [2.24, 2.45) is 0 Å². The van der Waals surface area contributed by atoms with Gasteiger partial charge in [-0.15, -0.1) is 5.06 Å². The van der Waals surface area contributed by atoms with Crippen molar-refractivity contribution in [1.29, 1.82) is 0 Å². The van der Waals surface area contributed by atoms with Gasteiger partial charge in [-0.25, -0.2) is 9.59 Å². The molecule has 1 saturated heterocycles. The Morgan fingerprint density at radius 2 is 1.37 bits per heavy atom. The number of hydrogen-bond acceptors (Lipinski definition) is 11. The maximum atomic E-state index is 11.4. The van der Waals surface area contributed by atoms with Crippen LogP contribution in [0.4, 0.5) is 0 Å². The summed E-state index contributed by atoms with van der Waals surface area (Å²) in [6, 6.07) is 13.0. The molecule has 0 aliphatic carbocycles. The maximum absolute atomic E-state index is 11.4. The van der Waals surface area contributed by atoms with E-state index in [1.807, 2.05) is 13.0 Å². The van der Waals surface area contributed by atoms with Gasteiger partial charge in [0.15, 0.2) is 11.5 Å². The Hall–Kier alpha value is -5.10. The Kier molecular flexibility index (Phi) is 9.05. The molecular weight excluding hydrogens is 538 g/mol. The van der Waals surface area contributed by atoms with E-state index in [1.165, 1.54) is 19.2 Å². The summed E-state index contributed by atoms with van der Waals surface area (Å²) >= 11 is 0. The molecule has 214 valence electrons. The van der Waals surface area contributed by atoms with Crippen LogP contribution >= 0.6 is 0 Å². The van der Waals surface area contributed by atoms with E-state index >= 15 is 0 Å². The van der Waals surface area contributed by atoms with Gasteiger partial charge in [-0.1, -0.05) is 6.58 Å². The zero-order valence-corrected chi connectivity index (χ0v) is 22.6. The van der Waals surface area contributed by atoms with Crippen LogP contribution in [0, 0.1) is 6.92 Å². The number of fused-ring (bicyclic) bond motifs is 2. The molecule has 0 bridgehead atoms. The lowest BCUT2D eigenvalue weighted by Gasteiger charge is -2.14. The number of aryl methyl sites for hydroxylation is 1. The van der Waals surface area contributed by atoms with E-state index in [0.717, 1.165) is 16.7 Å². The highest BCUT2D eigenvalue weighted by atomic mass is 17.3. The average Bonchev–Trinajstić information content (AvgIpc) is 3.28. The molecule has 3 heterocycles. The molecule has 4 aromatic rings. The van der Waals surface area contributed by atoms with Gasteiger partial charge in [-0.2, -0.15) is 0 Å². The fraction of sp³-hybridized carbons (Fsp3) is 0.241. The SMILES string of the molecule is C=C(CCOc1cc2ccc(=O)oc2cc1OC)OON1C(=O)CCC1=O.COc1cc2oc(=O)ccc2cc1C. The third-order valence-electron chi connectivity index (χ3n) is 5.92. The number of nitrogens with zero attached hydrogens (tertiary/aromatic N) is 1. The number of benzene rings is 2. The number of carbonyl (C=O) groups excluding carboxylic acids is 2. The highest BCUT2D eigenvalue weighted by Crippen LogP contribution is 2.32. The third kappa shape index (κ3) is 7.11. The van der Waals surface area contributed by atoms with Crippen LogP contribution < -0.4 is 25.5 Å². The van der Waals surface area contributed by atoms with Gasteiger partial charge in [0.1, 0.15) is 22.7 Å². The minimum absolute atomic E-state index is 0.0969. The predicted molar refractivity (Wildman–Crippen MR) is 145 cm³/mol. The smallest absolute Gasteiger partial charge is 0.336 e. The number of hydrogen-bond donors (Lipinski definition) is 0. The van der Waals surface area contributed by atoms with Crippen LogP contribution in [0.2, 0.25) is 0 Å². The van der Waals surface area contributed by atoms with Crippen molar-refractivity contribution in [3.63, 3.8) is 0 Å². The molecule has 1 aliphatic rings. The molecule has 5 rings (SSSR count). The minimum atomic E-state index is -0.461. The van der Waals surface area contributed by atoms with Crippen LogP contribution in [0.15, 0.2) is 79.3 Å². The Bertz CT molecular complexity index is 1700. The molecule has 0 saturated carbocycles. The maximum Gasteiger partial charge on any atom is 0.336 e. The van der Waals surface area contributed by atoms with Gasteiger partial charge in [0.2, 0.25) is 0 Å². The van der Waals surface area contributed by atoms with Crippen LogP contribution in [-0.4, -0.2) is 37.7 Å². The summed E-state index contributed by atoms with van der Waals surface area (Å²) in [6.07, 6.45) is 0.431. The first-order chi connectivity index (χ1) is 19.7. The first-order valence-electron chi connectivity index (χ1n) is 12.4. The van der Waals surface area contributed by atoms with Crippen LogP contribution in [0.5, 0.6) is 17.2 Å². The van der Waals surface area contributed by atoms with Crippen molar-refractivity contribution in [1.82, 2.24) is 5.06 Å². The van der Waals surface area contributed by atoms with E-state index in [9.17, 15) is 19.2 Å². The zero-order chi connectivity index (χ0) is 29.5. The molecule has 12 nitrogen and oxygen atoms in total. The van der Waals surface area contributed by atoms with E-state index in [-0.39, 0.29) is 37.3 Å². The quantitative estimate of drug-likeness (QED) is 0.0946. The summed E-state index contributed by atoms with van der Waals surface area (Å²) in [4.78, 5) is 54.6. The lowest BCUT2D eigenvalue weighted by molar-refractivity contribution is -0.372.